The fourth-order valence-corrected chi connectivity index (χ4v) is 4.71. The number of carbonyl (C=O) groups excluding carboxylic acids is 1. The first-order chi connectivity index (χ1) is 17.4. The number of benzene rings is 1. The minimum absolute atomic E-state index is 0.140. The molecular weight excluding hydrogens is 461 g/mol. The number of alkyl halides is 1. The van der Waals surface area contributed by atoms with Gasteiger partial charge < -0.3 is 20.6 Å². The molecule has 1 amide bonds. The van der Waals surface area contributed by atoms with E-state index in [-0.39, 0.29) is 18.6 Å². The molecule has 1 aliphatic heterocycles. The molecule has 0 spiro atoms. The Balaban J connectivity index is 1.37. The SMILES string of the molecule is CC(C)c1cnn2c(NCc3ccc(NC(=O)C4(F)CC4)cc3)nc(N3CCCC[C@H]3CCO)nc12. The quantitative estimate of drug-likeness (QED) is 0.411. The van der Waals surface area contributed by atoms with Gasteiger partial charge in [-0.2, -0.15) is 19.6 Å². The van der Waals surface area contributed by atoms with Crippen LogP contribution in [0.3, 0.4) is 0 Å². The number of aliphatic hydroxyl groups excluding tert-OH is 1. The highest BCUT2D eigenvalue weighted by Gasteiger charge is 2.50. The van der Waals surface area contributed by atoms with Crippen LogP contribution in [0.25, 0.3) is 5.65 Å². The summed E-state index contributed by atoms with van der Waals surface area (Å²) in [5.41, 5.74) is 1.70. The number of nitrogens with one attached hydrogen (secondary N) is 2. The van der Waals surface area contributed by atoms with Crippen molar-refractivity contribution in [3.8, 4) is 0 Å². The summed E-state index contributed by atoms with van der Waals surface area (Å²) in [4.78, 5) is 23.9. The second-order valence-electron chi connectivity index (χ2n) is 10.2. The monoisotopic (exact) mass is 495 g/mol. The van der Waals surface area contributed by atoms with Crippen molar-refractivity contribution in [2.45, 2.75) is 76.5 Å². The molecule has 1 aromatic carbocycles. The Morgan fingerprint density at radius 2 is 2.00 bits per heavy atom. The van der Waals surface area contributed by atoms with E-state index < -0.39 is 11.6 Å². The molecule has 3 N–H and O–H groups in total. The zero-order valence-electron chi connectivity index (χ0n) is 20.9. The summed E-state index contributed by atoms with van der Waals surface area (Å²) in [5, 5.41) is 20.2. The van der Waals surface area contributed by atoms with Gasteiger partial charge in [0, 0.05) is 37.0 Å². The molecule has 10 heteroatoms. The number of anilines is 3. The van der Waals surface area contributed by atoms with Gasteiger partial charge in [0.2, 0.25) is 11.9 Å². The average Bonchev–Trinajstić information content (AvgIpc) is 3.48. The predicted molar refractivity (Wildman–Crippen MR) is 137 cm³/mol. The van der Waals surface area contributed by atoms with Gasteiger partial charge in [-0.05, 0) is 62.1 Å². The molecule has 3 heterocycles. The Kier molecular flexibility index (Phi) is 6.79. The highest BCUT2D eigenvalue weighted by Crippen LogP contribution is 2.40. The van der Waals surface area contributed by atoms with Crippen LogP contribution >= 0.6 is 0 Å². The highest BCUT2D eigenvalue weighted by atomic mass is 19.1. The third-order valence-corrected chi connectivity index (χ3v) is 7.11. The molecule has 9 nitrogen and oxygen atoms in total. The third-order valence-electron chi connectivity index (χ3n) is 7.11. The molecule has 192 valence electrons. The van der Waals surface area contributed by atoms with Crippen LogP contribution in [0.4, 0.5) is 22.0 Å². The predicted octanol–water partition coefficient (Wildman–Crippen LogP) is 4.04. The van der Waals surface area contributed by atoms with E-state index in [4.69, 9.17) is 9.97 Å². The van der Waals surface area contributed by atoms with E-state index in [1.54, 1.807) is 16.6 Å². The van der Waals surface area contributed by atoms with E-state index in [1.807, 2.05) is 18.3 Å². The summed E-state index contributed by atoms with van der Waals surface area (Å²) in [5.74, 6) is 0.945. The number of halogens is 1. The van der Waals surface area contributed by atoms with E-state index >= 15 is 0 Å². The molecule has 1 saturated carbocycles. The second-order valence-corrected chi connectivity index (χ2v) is 10.2. The minimum atomic E-state index is -1.69. The normalized spacial score (nSPS) is 19.0. The molecule has 1 saturated heterocycles. The zero-order valence-corrected chi connectivity index (χ0v) is 20.9. The van der Waals surface area contributed by atoms with Gasteiger partial charge in [-0.3, -0.25) is 4.79 Å². The van der Waals surface area contributed by atoms with E-state index in [9.17, 15) is 14.3 Å². The number of carbonyl (C=O) groups is 1. The molecule has 1 aliphatic carbocycles. The summed E-state index contributed by atoms with van der Waals surface area (Å²) < 4.78 is 15.7. The smallest absolute Gasteiger partial charge is 0.262 e. The average molecular weight is 496 g/mol. The van der Waals surface area contributed by atoms with Crippen LogP contribution < -0.4 is 15.5 Å². The van der Waals surface area contributed by atoms with Crippen LogP contribution in [-0.4, -0.2) is 55.5 Å². The molecule has 1 atom stereocenters. The molecule has 36 heavy (non-hydrogen) atoms. The van der Waals surface area contributed by atoms with Crippen molar-refractivity contribution in [1.82, 2.24) is 19.6 Å². The topological polar surface area (TPSA) is 108 Å². The molecule has 2 aliphatic rings. The molecule has 0 bridgehead atoms. The lowest BCUT2D eigenvalue weighted by molar-refractivity contribution is -0.122. The number of hydrogen-bond donors (Lipinski definition) is 3. The molecule has 2 fully saturated rings. The summed E-state index contributed by atoms with van der Waals surface area (Å²) in [6.07, 6.45) is 6.35. The fourth-order valence-electron chi connectivity index (χ4n) is 4.71. The maximum atomic E-state index is 13.9. The zero-order chi connectivity index (χ0) is 25.3. The van der Waals surface area contributed by atoms with Gasteiger partial charge in [-0.15, -0.1) is 0 Å². The second kappa shape index (κ2) is 10.0. The number of nitrogens with zero attached hydrogens (tertiary/aromatic N) is 5. The highest BCUT2D eigenvalue weighted by molar-refractivity contribution is 5.99. The number of hydrogen-bond acceptors (Lipinski definition) is 7. The van der Waals surface area contributed by atoms with Crippen molar-refractivity contribution >= 4 is 29.1 Å². The Hall–Kier alpha value is -3.27. The molecule has 5 rings (SSSR count). The Morgan fingerprint density at radius 3 is 2.69 bits per heavy atom. The van der Waals surface area contributed by atoms with Gasteiger partial charge in [0.25, 0.3) is 5.91 Å². The lowest BCUT2D eigenvalue weighted by Gasteiger charge is -2.35. The number of rotatable bonds is 9. The minimum Gasteiger partial charge on any atom is -0.396 e. The molecule has 0 unspecified atom stereocenters. The van der Waals surface area contributed by atoms with Crippen LogP contribution in [-0.2, 0) is 11.3 Å². The first kappa shape index (κ1) is 24.4. The summed E-state index contributed by atoms with van der Waals surface area (Å²) in [7, 11) is 0. The molecule has 2 aromatic heterocycles. The Labute approximate surface area is 210 Å². The van der Waals surface area contributed by atoms with Crippen molar-refractivity contribution in [3.63, 3.8) is 0 Å². The Bertz CT molecular complexity index is 1220. The lowest BCUT2D eigenvalue weighted by atomic mass is 10.0. The summed E-state index contributed by atoms with van der Waals surface area (Å²) in [6, 6.07) is 7.56. The number of piperidine rings is 1. The van der Waals surface area contributed by atoms with Crippen LogP contribution in [0.5, 0.6) is 0 Å². The van der Waals surface area contributed by atoms with Crippen LogP contribution in [0.15, 0.2) is 30.5 Å². The van der Waals surface area contributed by atoms with E-state index in [0.717, 1.165) is 42.6 Å². The molecule has 0 radical (unpaired) electrons. The van der Waals surface area contributed by atoms with Gasteiger partial charge in [0.15, 0.2) is 11.3 Å². The lowest BCUT2D eigenvalue weighted by Crippen LogP contribution is -2.41. The largest absolute Gasteiger partial charge is 0.396 e. The maximum Gasteiger partial charge on any atom is 0.262 e. The van der Waals surface area contributed by atoms with Gasteiger partial charge in [-0.25, -0.2) is 4.39 Å². The van der Waals surface area contributed by atoms with Crippen molar-refractivity contribution in [2.75, 3.05) is 28.7 Å². The van der Waals surface area contributed by atoms with Crippen LogP contribution in [0, 0.1) is 0 Å². The van der Waals surface area contributed by atoms with Crippen LogP contribution in [0.2, 0.25) is 0 Å². The van der Waals surface area contributed by atoms with Gasteiger partial charge in [-0.1, -0.05) is 26.0 Å². The van der Waals surface area contributed by atoms with Crippen molar-refractivity contribution in [3.05, 3.63) is 41.6 Å². The van der Waals surface area contributed by atoms with Gasteiger partial charge >= 0.3 is 0 Å². The van der Waals surface area contributed by atoms with Crippen molar-refractivity contribution < 1.29 is 14.3 Å². The molecule has 3 aromatic rings. The fraction of sp³-hybridized carbons (Fsp3) is 0.538. The molecular formula is C26H34FN7O2. The summed E-state index contributed by atoms with van der Waals surface area (Å²) in [6.45, 7) is 5.73. The van der Waals surface area contributed by atoms with Crippen LogP contribution in [0.1, 0.15) is 69.4 Å². The van der Waals surface area contributed by atoms with Crippen molar-refractivity contribution in [1.29, 1.82) is 0 Å². The van der Waals surface area contributed by atoms with E-state index in [0.29, 0.717) is 43.4 Å². The summed E-state index contributed by atoms with van der Waals surface area (Å²) >= 11 is 0. The first-order valence-corrected chi connectivity index (χ1v) is 12.8. The van der Waals surface area contributed by atoms with Crippen molar-refractivity contribution in [2.24, 2.45) is 0 Å². The first-order valence-electron chi connectivity index (χ1n) is 12.8. The van der Waals surface area contributed by atoms with Gasteiger partial charge in [0.05, 0.1) is 6.20 Å². The van der Waals surface area contributed by atoms with Gasteiger partial charge in [0.1, 0.15) is 0 Å². The number of amides is 1. The number of fused-ring (bicyclic) bond motifs is 1. The standard InChI is InChI=1S/C26H34FN7O2/c1-17(2)21-16-29-34-22(21)31-25(33-13-4-3-5-20(33)10-14-35)32-24(34)28-15-18-6-8-19(9-7-18)30-23(36)26(27)11-12-26/h6-9,16-17,20,35H,3-5,10-15H2,1-2H3,(H,30,36)(H,28,31,32)/t20-/m0/s1. The number of aromatic nitrogens is 4. The van der Waals surface area contributed by atoms with E-state index in [2.05, 4.69) is 34.5 Å². The maximum absolute atomic E-state index is 13.9. The third kappa shape index (κ3) is 5.00. The number of aliphatic hydroxyl groups is 1. The van der Waals surface area contributed by atoms with E-state index in [1.165, 1.54) is 0 Å². The Morgan fingerprint density at radius 1 is 1.22 bits per heavy atom.